The summed E-state index contributed by atoms with van der Waals surface area (Å²) in [7, 11) is 0. The molecular weight excluding hydrogens is 469 g/mol. The number of phenols is 1. The summed E-state index contributed by atoms with van der Waals surface area (Å²) in [5.74, 6) is -0.101. The number of rotatable bonds is 4. The van der Waals surface area contributed by atoms with Gasteiger partial charge in [0.2, 0.25) is 5.91 Å². The van der Waals surface area contributed by atoms with Crippen molar-refractivity contribution in [1.29, 1.82) is 5.26 Å². The van der Waals surface area contributed by atoms with Gasteiger partial charge in [0.15, 0.2) is 5.82 Å². The topological polar surface area (TPSA) is 101 Å². The number of halogens is 1. The molecule has 3 atom stereocenters. The van der Waals surface area contributed by atoms with Crippen LogP contribution in [-0.2, 0) is 11.2 Å². The van der Waals surface area contributed by atoms with Crippen molar-refractivity contribution in [2.45, 2.75) is 31.3 Å². The van der Waals surface area contributed by atoms with E-state index in [0.29, 0.717) is 46.1 Å². The number of nitrogens with zero attached hydrogens (tertiary/aromatic N) is 3. The normalized spacial score (nSPS) is 22.0. The average molecular weight is 494 g/mol. The van der Waals surface area contributed by atoms with Gasteiger partial charge >= 0.3 is 0 Å². The van der Waals surface area contributed by atoms with Gasteiger partial charge in [-0.1, -0.05) is 24.3 Å². The maximum absolute atomic E-state index is 16.6. The molecule has 4 aromatic rings. The molecule has 4 aliphatic rings. The van der Waals surface area contributed by atoms with Gasteiger partial charge in [0.05, 0.1) is 30.2 Å². The van der Waals surface area contributed by atoms with Gasteiger partial charge in [0.1, 0.15) is 11.3 Å². The number of phenolic OH excluding ortho intramolecular Hbond substituents is 1. The summed E-state index contributed by atoms with van der Waals surface area (Å²) in [6.07, 6.45) is 3.18. The van der Waals surface area contributed by atoms with E-state index in [2.05, 4.69) is 26.6 Å². The third-order valence-electron chi connectivity index (χ3n) is 8.11. The lowest BCUT2D eigenvalue weighted by atomic mass is 9.78. The molecule has 37 heavy (non-hydrogen) atoms. The summed E-state index contributed by atoms with van der Waals surface area (Å²) < 4.78 is 16.6. The Hall–Kier alpha value is -4.22. The van der Waals surface area contributed by atoms with Gasteiger partial charge in [-0.15, -0.1) is 0 Å². The number of carbonyl (C=O) groups excluding carboxylic acids is 1. The average Bonchev–Trinajstić information content (AvgIpc) is 3.52. The van der Waals surface area contributed by atoms with E-state index in [9.17, 15) is 15.2 Å². The van der Waals surface area contributed by atoms with Crippen LogP contribution in [0, 0.1) is 23.1 Å². The van der Waals surface area contributed by atoms with Crippen molar-refractivity contribution in [2.24, 2.45) is 5.92 Å². The minimum atomic E-state index is -0.490. The number of hydrogen-bond acceptors (Lipinski definition) is 6. The van der Waals surface area contributed by atoms with Crippen LogP contribution < -0.4 is 15.5 Å². The summed E-state index contributed by atoms with van der Waals surface area (Å²) >= 11 is 0. The summed E-state index contributed by atoms with van der Waals surface area (Å²) in [5, 5.41) is 28.5. The fourth-order valence-corrected chi connectivity index (χ4v) is 6.51. The smallest absolute Gasteiger partial charge is 0.244 e. The first-order chi connectivity index (χ1) is 18.0. The fourth-order valence-electron chi connectivity index (χ4n) is 6.51. The zero-order valence-corrected chi connectivity index (χ0v) is 20.0. The molecule has 0 radical (unpaired) electrons. The molecule has 4 heterocycles. The highest BCUT2D eigenvalue weighted by Crippen LogP contribution is 2.47. The Balaban J connectivity index is 1.50. The van der Waals surface area contributed by atoms with Gasteiger partial charge in [-0.2, -0.15) is 5.26 Å². The maximum Gasteiger partial charge on any atom is 0.244 e. The molecule has 3 N–H and O–H groups in total. The van der Waals surface area contributed by atoms with E-state index in [-0.39, 0.29) is 36.2 Å². The van der Waals surface area contributed by atoms with E-state index in [1.165, 1.54) is 6.20 Å². The molecule has 3 fully saturated rings. The van der Waals surface area contributed by atoms with E-state index >= 15 is 4.39 Å². The zero-order valence-electron chi connectivity index (χ0n) is 20.0. The van der Waals surface area contributed by atoms with Crippen LogP contribution in [0.1, 0.15) is 18.4 Å². The van der Waals surface area contributed by atoms with Crippen molar-refractivity contribution < 1.29 is 14.3 Å². The van der Waals surface area contributed by atoms with E-state index in [1.54, 1.807) is 12.1 Å². The zero-order chi connectivity index (χ0) is 25.3. The van der Waals surface area contributed by atoms with Crippen LogP contribution in [0.2, 0.25) is 0 Å². The monoisotopic (exact) mass is 493 g/mol. The Morgan fingerprint density at radius 2 is 2.08 bits per heavy atom. The van der Waals surface area contributed by atoms with Crippen molar-refractivity contribution in [1.82, 2.24) is 10.3 Å². The van der Waals surface area contributed by atoms with Crippen LogP contribution in [0.5, 0.6) is 5.75 Å². The molecule has 3 unspecified atom stereocenters. The van der Waals surface area contributed by atoms with Crippen LogP contribution >= 0.6 is 0 Å². The second-order valence-electron chi connectivity index (χ2n) is 10.2. The molecule has 3 aliphatic heterocycles. The number of nitriles is 1. The van der Waals surface area contributed by atoms with E-state index in [1.807, 2.05) is 30.3 Å². The van der Waals surface area contributed by atoms with Gasteiger partial charge < -0.3 is 20.6 Å². The Labute approximate surface area is 212 Å². The highest BCUT2D eigenvalue weighted by Gasteiger charge is 2.51. The summed E-state index contributed by atoms with van der Waals surface area (Å²) in [6.45, 7) is 1.13. The molecular formula is C29H24FN5O2. The number of nitrogens with one attached hydrogen (secondary N) is 2. The molecule has 1 aromatic heterocycles. The van der Waals surface area contributed by atoms with E-state index in [4.69, 9.17) is 0 Å². The molecule has 1 amide bonds. The number of amides is 1. The third kappa shape index (κ3) is 3.27. The Kier molecular flexibility index (Phi) is 4.85. The number of fused-ring (bicyclic) bond motifs is 5. The molecule has 0 spiro atoms. The highest BCUT2D eigenvalue weighted by atomic mass is 19.1. The van der Waals surface area contributed by atoms with Crippen molar-refractivity contribution in [3.8, 4) is 22.9 Å². The number of anilines is 2. The van der Waals surface area contributed by atoms with Gasteiger partial charge in [-0.25, -0.2) is 4.39 Å². The van der Waals surface area contributed by atoms with Crippen LogP contribution in [0.4, 0.5) is 15.8 Å². The molecule has 1 aliphatic carbocycles. The summed E-state index contributed by atoms with van der Waals surface area (Å²) in [4.78, 5) is 19.2. The van der Waals surface area contributed by atoms with Crippen LogP contribution in [0.25, 0.3) is 32.8 Å². The van der Waals surface area contributed by atoms with Gasteiger partial charge in [0, 0.05) is 36.0 Å². The van der Waals surface area contributed by atoms with Gasteiger partial charge in [-0.3, -0.25) is 9.78 Å². The largest absolute Gasteiger partial charge is 0.508 e. The second-order valence-corrected chi connectivity index (χ2v) is 10.2. The number of carbonyl (C=O) groups is 1. The van der Waals surface area contributed by atoms with Crippen molar-refractivity contribution in [3.05, 3.63) is 60.0 Å². The third-order valence-corrected chi connectivity index (χ3v) is 8.11. The minimum Gasteiger partial charge on any atom is -0.508 e. The SMILES string of the molecule is N#CCCc1cc2c3c(cnc2c(F)c1-c1cc(O)cc2ccccc12)NC(=O)CN3C1C2CNC1C2. The number of benzene rings is 3. The number of hydrogen-bond donors (Lipinski definition) is 3. The summed E-state index contributed by atoms with van der Waals surface area (Å²) in [6, 6.07) is 15.4. The molecule has 8 rings (SSSR count). The molecule has 184 valence electrons. The van der Waals surface area contributed by atoms with Crippen LogP contribution in [-0.4, -0.2) is 41.2 Å². The van der Waals surface area contributed by atoms with Crippen molar-refractivity contribution in [2.75, 3.05) is 23.3 Å². The minimum absolute atomic E-state index is 0.0414. The first-order valence-electron chi connectivity index (χ1n) is 12.6. The highest BCUT2D eigenvalue weighted by molar-refractivity contribution is 6.10. The van der Waals surface area contributed by atoms with Crippen molar-refractivity contribution >= 4 is 39.0 Å². The summed E-state index contributed by atoms with van der Waals surface area (Å²) in [5.41, 5.74) is 3.16. The lowest BCUT2D eigenvalue weighted by molar-refractivity contribution is -0.115. The number of aromatic nitrogens is 1. The molecule has 3 aromatic carbocycles. The van der Waals surface area contributed by atoms with Crippen LogP contribution in [0.15, 0.2) is 48.7 Å². The first-order valence-corrected chi connectivity index (χ1v) is 12.6. The molecule has 2 bridgehead atoms. The number of pyridine rings is 1. The van der Waals surface area contributed by atoms with Crippen LogP contribution in [0.3, 0.4) is 0 Å². The fraction of sp³-hybridized carbons (Fsp3) is 0.276. The molecule has 2 saturated heterocycles. The van der Waals surface area contributed by atoms with Crippen molar-refractivity contribution in [3.63, 3.8) is 0 Å². The Morgan fingerprint density at radius 3 is 2.86 bits per heavy atom. The first kappa shape index (κ1) is 22.0. The molecule has 1 saturated carbocycles. The number of aromatic hydroxyl groups is 1. The predicted octanol–water partition coefficient (Wildman–Crippen LogP) is 4.47. The molecule has 7 nitrogen and oxygen atoms in total. The second kappa shape index (κ2) is 8.15. The molecule has 8 heteroatoms. The maximum atomic E-state index is 16.6. The number of aryl methyl sites for hydroxylation is 1. The van der Waals surface area contributed by atoms with E-state index < -0.39 is 5.82 Å². The van der Waals surface area contributed by atoms with Gasteiger partial charge in [0.25, 0.3) is 0 Å². The van der Waals surface area contributed by atoms with Gasteiger partial charge in [-0.05, 0) is 58.9 Å². The quantitative estimate of drug-likeness (QED) is 0.388. The lowest BCUT2D eigenvalue weighted by Crippen LogP contribution is -2.57. The lowest BCUT2D eigenvalue weighted by Gasteiger charge is -2.46. The Bertz CT molecular complexity index is 1650. The standard InChI is InChI=1S/C29H24FN5O2/c30-26-25(20-11-18(36)8-15-4-1-2-6-19(15)20)16(5-3-7-31)9-21-27(26)33-13-23-29(21)35(14-24(37)34-23)28-17-10-22(28)32-12-17/h1-2,4,6,8-9,11,13,17,22,28,32,36H,3,5,10,12,14H2,(H,34,37). The predicted molar refractivity (Wildman–Crippen MR) is 140 cm³/mol. The van der Waals surface area contributed by atoms with E-state index in [0.717, 1.165) is 29.4 Å². The Morgan fingerprint density at radius 1 is 1.22 bits per heavy atom.